The minimum Gasteiger partial charge on any atom is -0.490 e. The van der Waals surface area contributed by atoms with Crippen LogP contribution in [0.1, 0.15) is 74.6 Å². The van der Waals surface area contributed by atoms with Crippen LogP contribution in [0.4, 0.5) is 16.3 Å². The molecule has 1 amide bonds. The van der Waals surface area contributed by atoms with Gasteiger partial charge in [-0.15, -0.1) is 0 Å². The summed E-state index contributed by atoms with van der Waals surface area (Å²) in [5.74, 6) is -0.0590. The molecule has 3 aromatic carbocycles. The number of pyridine rings is 1. The van der Waals surface area contributed by atoms with Gasteiger partial charge in [0, 0.05) is 30.2 Å². The van der Waals surface area contributed by atoms with E-state index in [-0.39, 0.29) is 35.1 Å². The number of sulfone groups is 1. The maximum atomic E-state index is 15.1. The van der Waals surface area contributed by atoms with E-state index in [4.69, 9.17) is 24.7 Å². The van der Waals surface area contributed by atoms with Crippen molar-refractivity contribution in [2.45, 2.75) is 75.5 Å². The molecule has 3 atom stereocenters. The largest absolute Gasteiger partial charge is 0.506 e. The number of anilines is 2. The molecule has 14 nitrogen and oxygen atoms in total. The van der Waals surface area contributed by atoms with Gasteiger partial charge in [0.2, 0.25) is 5.91 Å². The Morgan fingerprint density at radius 1 is 1.02 bits per heavy atom. The van der Waals surface area contributed by atoms with Crippen LogP contribution in [0.25, 0.3) is 10.8 Å². The van der Waals surface area contributed by atoms with E-state index >= 15 is 4.79 Å². The molecule has 53 heavy (non-hydrogen) atoms. The van der Waals surface area contributed by atoms with E-state index in [1.54, 1.807) is 42.6 Å². The molecular formula is C38H44N4O10S. The standard InChI is InChI=1S/C38H44N4O10S/c1-7-50-31-20-24(8-12-29(31)51-21(2)3)33(41-26-10-11-27-23(18-26)14-16-40-35(27)39)36(43)42-17-15-30(52-38(45)46)34(42)28-19-25(37(44)49-6)9-13-32(28)53(47,48)22(4)5/h8-14,16,18-22,30,33-34,41H,7,15,17H2,1-6H3,(H2,39,40)(H,45,46)/t30-,33?,34+/m0/s1. The molecule has 0 bridgehead atoms. The number of benzene rings is 3. The number of carbonyl (C=O) groups is 3. The van der Waals surface area contributed by atoms with Crippen LogP contribution < -0.4 is 20.5 Å². The second-order valence-electron chi connectivity index (χ2n) is 13.0. The number of carboxylic acid groups (broad SMARTS) is 1. The zero-order valence-electron chi connectivity index (χ0n) is 30.4. The fraction of sp³-hybridized carbons (Fsp3) is 0.368. The van der Waals surface area contributed by atoms with Crippen molar-refractivity contribution in [2.24, 2.45) is 0 Å². The van der Waals surface area contributed by atoms with Crippen molar-refractivity contribution in [3.8, 4) is 11.5 Å². The first-order valence-corrected chi connectivity index (χ1v) is 18.7. The quantitative estimate of drug-likeness (QED) is 0.132. The number of carbonyl (C=O) groups excluding carboxylic acids is 2. The average molecular weight is 749 g/mol. The first kappa shape index (κ1) is 38.7. The first-order valence-electron chi connectivity index (χ1n) is 17.2. The lowest BCUT2D eigenvalue weighted by atomic mass is 9.98. The van der Waals surface area contributed by atoms with Crippen LogP contribution in [-0.2, 0) is 24.1 Å². The van der Waals surface area contributed by atoms with Crippen molar-refractivity contribution in [3.63, 3.8) is 0 Å². The van der Waals surface area contributed by atoms with Gasteiger partial charge in [0.15, 0.2) is 21.3 Å². The Balaban J connectivity index is 1.70. The van der Waals surface area contributed by atoms with Gasteiger partial charge in [-0.25, -0.2) is 23.0 Å². The number of aromatic nitrogens is 1. The molecule has 1 aliphatic heterocycles. The number of nitrogens with two attached hydrogens (primary N) is 1. The number of methoxy groups -OCH3 is 1. The number of ether oxygens (including phenoxy) is 4. The Bertz CT molecular complexity index is 2120. The Kier molecular flexibility index (Phi) is 11.7. The van der Waals surface area contributed by atoms with Crippen molar-refractivity contribution in [3.05, 3.63) is 83.6 Å². The molecule has 1 aromatic heterocycles. The van der Waals surface area contributed by atoms with E-state index in [9.17, 15) is 23.1 Å². The lowest BCUT2D eigenvalue weighted by Gasteiger charge is -2.33. The molecular weight excluding hydrogens is 705 g/mol. The van der Waals surface area contributed by atoms with Gasteiger partial charge in [-0.2, -0.15) is 0 Å². The molecule has 1 saturated heterocycles. The second kappa shape index (κ2) is 16.0. The maximum Gasteiger partial charge on any atom is 0.506 e. The normalized spacial score (nSPS) is 16.4. The van der Waals surface area contributed by atoms with Gasteiger partial charge in [0.25, 0.3) is 0 Å². The number of hydrogen-bond acceptors (Lipinski definition) is 12. The third kappa shape index (κ3) is 8.25. The van der Waals surface area contributed by atoms with Gasteiger partial charge in [0.05, 0.1) is 41.6 Å². The molecule has 1 aliphatic rings. The summed E-state index contributed by atoms with van der Waals surface area (Å²) >= 11 is 0. The molecule has 1 unspecified atom stereocenters. The Labute approximate surface area is 308 Å². The molecule has 0 radical (unpaired) electrons. The monoisotopic (exact) mass is 748 g/mol. The van der Waals surface area contributed by atoms with Gasteiger partial charge in [0.1, 0.15) is 18.0 Å². The zero-order valence-corrected chi connectivity index (χ0v) is 31.2. The van der Waals surface area contributed by atoms with Crippen molar-refractivity contribution in [1.29, 1.82) is 0 Å². The summed E-state index contributed by atoms with van der Waals surface area (Å²) in [7, 11) is -2.84. The van der Waals surface area contributed by atoms with Crippen LogP contribution in [0, 0.1) is 0 Å². The highest BCUT2D eigenvalue weighted by Gasteiger charge is 2.45. The summed E-state index contributed by atoms with van der Waals surface area (Å²) in [6, 6.07) is 13.8. The molecule has 15 heteroatoms. The van der Waals surface area contributed by atoms with Crippen molar-refractivity contribution in [1.82, 2.24) is 9.88 Å². The topological polar surface area (TPSA) is 197 Å². The molecule has 1 fully saturated rings. The van der Waals surface area contributed by atoms with E-state index in [0.717, 1.165) is 5.39 Å². The lowest BCUT2D eigenvalue weighted by Crippen LogP contribution is -2.40. The Morgan fingerprint density at radius 2 is 1.77 bits per heavy atom. The number of amides is 1. The molecule has 5 rings (SSSR count). The number of hydrogen-bond donors (Lipinski definition) is 3. The predicted octanol–water partition coefficient (Wildman–Crippen LogP) is 6.16. The van der Waals surface area contributed by atoms with Crippen LogP contribution in [0.2, 0.25) is 0 Å². The minimum atomic E-state index is -4.02. The van der Waals surface area contributed by atoms with E-state index in [1.165, 1.54) is 44.1 Å². The van der Waals surface area contributed by atoms with Gasteiger partial charge in [-0.1, -0.05) is 6.07 Å². The Hall–Kier alpha value is -5.57. The highest BCUT2D eigenvalue weighted by molar-refractivity contribution is 7.92. The zero-order chi connectivity index (χ0) is 38.6. The summed E-state index contributed by atoms with van der Waals surface area (Å²) < 4.78 is 49.7. The SMILES string of the molecule is CCOc1cc(C(Nc2ccc3c(N)nccc3c2)C(=O)N2CC[C@H](OC(=O)O)[C@H]2c2cc(C(=O)OC)ccc2S(=O)(=O)C(C)C)ccc1OC(C)C. The molecule has 4 aromatic rings. The number of nitrogens with one attached hydrogen (secondary N) is 1. The fourth-order valence-corrected chi connectivity index (χ4v) is 7.68. The number of nitrogen functional groups attached to an aromatic ring is 1. The van der Waals surface area contributed by atoms with E-state index in [0.29, 0.717) is 40.6 Å². The molecule has 0 spiro atoms. The van der Waals surface area contributed by atoms with E-state index in [2.05, 4.69) is 10.3 Å². The summed E-state index contributed by atoms with van der Waals surface area (Å²) in [6.45, 7) is 8.91. The minimum absolute atomic E-state index is 0.00394. The number of nitrogens with zero attached hydrogens (tertiary/aromatic N) is 2. The molecule has 4 N–H and O–H groups in total. The summed E-state index contributed by atoms with van der Waals surface area (Å²) in [4.78, 5) is 45.2. The number of esters is 1. The van der Waals surface area contributed by atoms with Crippen LogP contribution >= 0.6 is 0 Å². The summed E-state index contributed by atoms with van der Waals surface area (Å²) in [5.41, 5.74) is 7.16. The predicted molar refractivity (Wildman–Crippen MR) is 198 cm³/mol. The van der Waals surface area contributed by atoms with Crippen molar-refractivity contribution in [2.75, 3.05) is 31.3 Å². The van der Waals surface area contributed by atoms with E-state index < -0.39 is 51.3 Å². The third-order valence-corrected chi connectivity index (χ3v) is 11.1. The Morgan fingerprint density at radius 3 is 2.43 bits per heavy atom. The van der Waals surface area contributed by atoms with Gasteiger partial charge < -0.3 is 40.0 Å². The van der Waals surface area contributed by atoms with Crippen molar-refractivity contribution >= 4 is 50.1 Å². The fourth-order valence-electron chi connectivity index (χ4n) is 6.40. The number of rotatable bonds is 13. The number of likely N-dealkylation sites (tertiary alicyclic amines) is 1. The van der Waals surface area contributed by atoms with Crippen LogP contribution in [-0.4, -0.2) is 79.2 Å². The van der Waals surface area contributed by atoms with Gasteiger partial charge in [-0.3, -0.25) is 4.79 Å². The summed E-state index contributed by atoms with van der Waals surface area (Å²) in [5, 5.41) is 13.7. The maximum absolute atomic E-state index is 15.1. The summed E-state index contributed by atoms with van der Waals surface area (Å²) in [6.07, 6.45) is -1.32. The van der Waals surface area contributed by atoms with Gasteiger partial charge in [-0.05, 0) is 106 Å². The highest BCUT2D eigenvalue weighted by atomic mass is 32.2. The third-order valence-electron chi connectivity index (χ3n) is 8.87. The molecule has 2 heterocycles. The van der Waals surface area contributed by atoms with E-state index in [1.807, 2.05) is 26.8 Å². The van der Waals surface area contributed by atoms with Crippen LogP contribution in [0.5, 0.6) is 11.5 Å². The first-order chi connectivity index (χ1) is 25.2. The highest BCUT2D eigenvalue weighted by Crippen LogP contribution is 2.42. The molecule has 0 aliphatic carbocycles. The smallest absolute Gasteiger partial charge is 0.490 e. The van der Waals surface area contributed by atoms with Gasteiger partial charge >= 0.3 is 12.1 Å². The lowest BCUT2D eigenvalue weighted by molar-refractivity contribution is -0.134. The van der Waals surface area contributed by atoms with Crippen LogP contribution in [0.15, 0.2) is 71.8 Å². The molecule has 282 valence electrons. The molecule has 0 saturated carbocycles. The number of fused-ring (bicyclic) bond motifs is 1. The van der Waals surface area contributed by atoms with Crippen LogP contribution in [0.3, 0.4) is 0 Å². The van der Waals surface area contributed by atoms with Crippen molar-refractivity contribution < 1.29 is 46.9 Å². The average Bonchev–Trinajstić information content (AvgIpc) is 3.53. The second-order valence-corrected chi connectivity index (χ2v) is 15.5.